The maximum absolute atomic E-state index is 13.3. The standard InChI is InChI=1S/C24H27ClFN5O3/c1-31-13-16(14-31)24(33)27-19(5-3-2-4-6-20(32)18-11-12-34-30-18)23-28-21(22(25)29-23)15-7-9-17(26)10-8-15/h7-12,16,19H,2-6,13-14H2,1H3,(H,27,33)(H,28,29). The van der Waals surface area contributed by atoms with Gasteiger partial charge in [-0.3, -0.25) is 9.59 Å². The fourth-order valence-electron chi connectivity index (χ4n) is 4.06. The van der Waals surface area contributed by atoms with Gasteiger partial charge < -0.3 is 19.7 Å². The number of ketones is 1. The number of hydrogen-bond donors (Lipinski definition) is 2. The first-order chi connectivity index (χ1) is 16.4. The van der Waals surface area contributed by atoms with Gasteiger partial charge in [-0.2, -0.15) is 0 Å². The molecular weight excluding hydrogens is 461 g/mol. The van der Waals surface area contributed by atoms with E-state index in [4.69, 9.17) is 16.1 Å². The van der Waals surface area contributed by atoms with Crippen LogP contribution in [-0.4, -0.2) is 51.9 Å². The minimum Gasteiger partial charge on any atom is -0.364 e. The van der Waals surface area contributed by atoms with Gasteiger partial charge in [0.1, 0.15) is 34.4 Å². The smallest absolute Gasteiger partial charge is 0.226 e. The number of carbonyl (C=O) groups excluding carboxylic acids is 2. The summed E-state index contributed by atoms with van der Waals surface area (Å²) in [5.41, 5.74) is 1.54. The number of hydrogen-bond acceptors (Lipinski definition) is 6. The first-order valence-corrected chi connectivity index (χ1v) is 11.7. The van der Waals surface area contributed by atoms with Crippen LogP contribution in [0.25, 0.3) is 11.3 Å². The number of likely N-dealkylation sites (tertiary alicyclic amines) is 1. The number of aromatic nitrogens is 3. The second-order valence-corrected chi connectivity index (χ2v) is 9.06. The van der Waals surface area contributed by atoms with Crippen LogP contribution in [0.2, 0.25) is 5.15 Å². The summed E-state index contributed by atoms with van der Waals surface area (Å²) in [6.07, 6.45) is 4.71. The predicted molar refractivity (Wildman–Crippen MR) is 125 cm³/mol. The Morgan fingerprint density at radius 2 is 2.00 bits per heavy atom. The molecule has 1 aliphatic rings. The average Bonchev–Trinajstić information content (AvgIpc) is 3.46. The second-order valence-electron chi connectivity index (χ2n) is 8.68. The van der Waals surface area contributed by atoms with Crippen LogP contribution in [0.1, 0.15) is 54.5 Å². The minimum absolute atomic E-state index is 0.0137. The largest absolute Gasteiger partial charge is 0.364 e. The van der Waals surface area contributed by atoms with Crippen molar-refractivity contribution in [3.05, 3.63) is 59.1 Å². The van der Waals surface area contributed by atoms with Crippen molar-refractivity contribution < 1.29 is 18.5 Å². The number of nitrogens with one attached hydrogen (secondary N) is 2. The number of halogens is 2. The number of aromatic amines is 1. The number of Topliss-reactive ketones (excluding diaryl/α,β-unsaturated/α-hetero) is 1. The lowest BCUT2D eigenvalue weighted by molar-refractivity contribution is -0.130. The normalized spacial score (nSPS) is 15.1. The van der Waals surface area contributed by atoms with Gasteiger partial charge in [0.15, 0.2) is 5.78 Å². The Morgan fingerprint density at radius 3 is 2.68 bits per heavy atom. The van der Waals surface area contributed by atoms with Crippen molar-refractivity contribution in [1.82, 2.24) is 25.3 Å². The molecule has 1 aromatic carbocycles. The summed E-state index contributed by atoms with van der Waals surface area (Å²) in [4.78, 5) is 34.6. The molecule has 0 spiro atoms. The quantitative estimate of drug-likeness (QED) is 0.306. The van der Waals surface area contributed by atoms with Crippen molar-refractivity contribution in [1.29, 1.82) is 0 Å². The Kier molecular flexibility index (Phi) is 7.74. The molecule has 3 heterocycles. The monoisotopic (exact) mass is 487 g/mol. The van der Waals surface area contributed by atoms with E-state index >= 15 is 0 Å². The van der Waals surface area contributed by atoms with Gasteiger partial charge in [0.05, 0.1) is 12.0 Å². The Bertz CT molecular complexity index is 1110. The number of unbranched alkanes of at least 4 members (excludes halogenated alkanes) is 2. The lowest BCUT2D eigenvalue weighted by Crippen LogP contribution is -2.52. The zero-order valence-corrected chi connectivity index (χ0v) is 19.6. The number of rotatable bonds is 11. The molecule has 34 heavy (non-hydrogen) atoms. The lowest BCUT2D eigenvalue weighted by Gasteiger charge is -2.35. The van der Waals surface area contributed by atoms with Crippen molar-refractivity contribution in [3.63, 3.8) is 0 Å². The Labute approximate surface area is 201 Å². The van der Waals surface area contributed by atoms with Crippen LogP contribution >= 0.6 is 11.6 Å². The van der Waals surface area contributed by atoms with Crippen LogP contribution in [0.4, 0.5) is 4.39 Å². The van der Waals surface area contributed by atoms with Crippen LogP contribution in [0.3, 0.4) is 0 Å². The van der Waals surface area contributed by atoms with Crippen LogP contribution in [0.15, 0.2) is 41.1 Å². The highest BCUT2D eigenvalue weighted by Crippen LogP contribution is 2.29. The van der Waals surface area contributed by atoms with Gasteiger partial charge in [0.2, 0.25) is 5.91 Å². The highest BCUT2D eigenvalue weighted by Gasteiger charge is 2.32. The maximum atomic E-state index is 13.3. The maximum Gasteiger partial charge on any atom is 0.226 e. The van der Waals surface area contributed by atoms with E-state index in [0.717, 1.165) is 25.9 Å². The molecule has 2 N–H and O–H groups in total. The number of benzene rings is 1. The van der Waals surface area contributed by atoms with E-state index in [1.54, 1.807) is 18.2 Å². The molecule has 0 saturated carbocycles. The minimum atomic E-state index is -0.351. The molecule has 0 aliphatic carbocycles. The number of H-pyrrole nitrogens is 1. The zero-order chi connectivity index (χ0) is 24.1. The molecule has 1 unspecified atom stereocenters. The summed E-state index contributed by atoms with van der Waals surface area (Å²) in [5.74, 6) is 0.113. The number of amides is 1. The Balaban J connectivity index is 1.39. The van der Waals surface area contributed by atoms with Crippen molar-refractivity contribution in [3.8, 4) is 11.3 Å². The molecule has 0 bridgehead atoms. The molecule has 1 fully saturated rings. The van der Waals surface area contributed by atoms with Crippen LogP contribution in [0.5, 0.6) is 0 Å². The summed E-state index contributed by atoms with van der Waals surface area (Å²) in [5, 5.41) is 7.12. The van der Waals surface area contributed by atoms with Crippen molar-refractivity contribution in [2.24, 2.45) is 5.92 Å². The van der Waals surface area contributed by atoms with Crippen molar-refractivity contribution in [2.45, 2.75) is 38.1 Å². The van der Waals surface area contributed by atoms with E-state index < -0.39 is 0 Å². The van der Waals surface area contributed by atoms with Gasteiger partial charge in [-0.05, 0) is 44.2 Å². The Hall–Kier alpha value is -3.04. The van der Waals surface area contributed by atoms with E-state index in [1.165, 1.54) is 18.4 Å². The molecule has 1 atom stereocenters. The molecular formula is C24H27ClFN5O3. The average molecular weight is 488 g/mol. The zero-order valence-electron chi connectivity index (χ0n) is 18.9. The molecule has 0 radical (unpaired) electrons. The highest BCUT2D eigenvalue weighted by atomic mass is 35.5. The number of carbonyl (C=O) groups is 2. The topological polar surface area (TPSA) is 104 Å². The predicted octanol–water partition coefficient (Wildman–Crippen LogP) is 4.41. The van der Waals surface area contributed by atoms with E-state index in [0.29, 0.717) is 47.2 Å². The molecule has 8 nitrogen and oxygen atoms in total. The van der Waals surface area contributed by atoms with Gasteiger partial charge in [0.25, 0.3) is 0 Å². The van der Waals surface area contributed by atoms with Gasteiger partial charge in [-0.15, -0.1) is 0 Å². The lowest BCUT2D eigenvalue weighted by atomic mass is 9.98. The van der Waals surface area contributed by atoms with Crippen LogP contribution in [-0.2, 0) is 4.79 Å². The van der Waals surface area contributed by atoms with Gasteiger partial charge in [-0.25, -0.2) is 9.37 Å². The molecule has 3 aromatic rings. The summed E-state index contributed by atoms with van der Waals surface area (Å²) < 4.78 is 18.0. The van der Waals surface area contributed by atoms with E-state index in [9.17, 15) is 14.0 Å². The van der Waals surface area contributed by atoms with E-state index in [2.05, 4.69) is 25.3 Å². The van der Waals surface area contributed by atoms with Crippen LogP contribution in [0, 0.1) is 11.7 Å². The van der Waals surface area contributed by atoms with Gasteiger partial charge in [0, 0.05) is 31.1 Å². The fourth-order valence-corrected chi connectivity index (χ4v) is 4.31. The molecule has 1 amide bonds. The third-order valence-corrected chi connectivity index (χ3v) is 6.27. The molecule has 2 aromatic heterocycles. The molecule has 10 heteroatoms. The first-order valence-electron chi connectivity index (χ1n) is 11.3. The third kappa shape index (κ3) is 5.90. The fraction of sp³-hybridized carbons (Fsp3) is 0.417. The number of nitrogens with zero attached hydrogens (tertiary/aromatic N) is 3. The van der Waals surface area contributed by atoms with E-state index in [1.807, 2.05) is 7.05 Å². The van der Waals surface area contributed by atoms with Crippen LogP contribution < -0.4 is 5.32 Å². The summed E-state index contributed by atoms with van der Waals surface area (Å²) in [6.45, 7) is 1.45. The molecule has 4 rings (SSSR count). The first kappa shape index (κ1) is 24.1. The molecule has 1 saturated heterocycles. The van der Waals surface area contributed by atoms with E-state index in [-0.39, 0.29) is 29.5 Å². The summed E-state index contributed by atoms with van der Waals surface area (Å²) in [6, 6.07) is 7.15. The number of imidazole rings is 1. The van der Waals surface area contributed by atoms with Gasteiger partial charge in [-0.1, -0.05) is 29.6 Å². The highest BCUT2D eigenvalue weighted by molar-refractivity contribution is 6.31. The summed E-state index contributed by atoms with van der Waals surface area (Å²) >= 11 is 6.41. The Morgan fingerprint density at radius 1 is 1.24 bits per heavy atom. The SMILES string of the molecule is CN1CC(C(=O)NC(CCCCCC(=O)c2ccon2)c2nc(-c3ccc(F)cc3)c(Cl)[nH]2)C1. The van der Waals surface area contributed by atoms with Crippen molar-refractivity contribution in [2.75, 3.05) is 20.1 Å². The second kappa shape index (κ2) is 10.9. The molecule has 180 valence electrons. The third-order valence-electron chi connectivity index (χ3n) is 6.00. The van der Waals surface area contributed by atoms with Crippen molar-refractivity contribution >= 4 is 23.3 Å². The summed E-state index contributed by atoms with van der Waals surface area (Å²) in [7, 11) is 1.98. The molecule has 1 aliphatic heterocycles. The van der Waals surface area contributed by atoms with Gasteiger partial charge >= 0.3 is 0 Å².